The highest BCUT2D eigenvalue weighted by atomic mass is 16.5. The van der Waals surface area contributed by atoms with Crippen LogP contribution in [-0.2, 0) is 4.74 Å². The van der Waals surface area contributed by atoms with Gasteiger partial charge in [0.15, 0.2) is 17.0 Å². The van der Waals surface area contributed by atoms with Gasteiger partial charge in [-0.15, -0.1) is 0 Å². The number of nitrogens with zero attached hydrogens (tertiary/aromatic N) is 6. The van der Waals surface area contributed by atoms with Crippen molar-refractivity contribution in [2.45, 2.75) is 51.2 Å². The van der Waals surface area contributed by atoms with Crippen molar-refractivity contribution in [2.24, 2.45) is 11.1 Å². The third kappa shape index (κ3) is 3.60. The van der Waals surface area contributed by atoms with E-state index < -0.39 is 0 Å². The van der Waals surface area contributed by atoms with Crippen LogP contribution < -0.4 is 20.9 Å². The fourth-order valence-electron chi connectivity index (χ4n) is 5.89. The monoisotopic (exact) mass is 491 g/mol. The summed E-state index contributed by atoms with van der Waals surface area (Å²) in [6.07, 6.45) is 4.83. The van der Waals surface area contributed by atoms with E-state index in [1.54, 1.807) is 13.1 Å². The number of rotatable bonds is 3. The summed E-state index contributed by atoms with van der Waals surface area (Å²) >= 11 is 0. The zero-order chi connectivity index (χ0) is 25.0. The van der Waals surface area contributed by atoms with E-state index in [4.69, 9.17) is 20.4 Å². The van der Waals surface area contributed by atoms with Crippen LogP contribution in [0.1, 0.15) is 55.2 Å². The molecule has 0 unspecified atom stereocenters. The Kier molecular flexibility index (Phi) is 5.56. The minimum atomic E-state index is -0.189. The van der Waals surface area contributed by atoms with Crippen LogP contribution in [0.15, 0.2) is 18.3 Å². The highest BCUT2D eigenvalue weighted by Gasteiger charge is 2.47. The van der Waals surface area contributed by atoms with Crippen molar-refractivity contribution in [3.8, 4) is 0 Å². The van der Waals surface area contributed by atoms with Gasteiger partial charge in [-0.2, -0.15) is 5.10 Å². The number of aromatic nitrogens is 5. The molecule has 0 saturated carbocycles. The zero-order valence-corrected chi connectivity index (χ0v) is 21.0. The Morgan fingerprint density at radius 1 is 1.22 bits per heavy atom. The molecule has 0 aliphatic carbocycles. The van der Waals surface area contributed by atoms with Crippen molar-refractivity contribution >= 4 is 34.4 Å². The van der Waals surface area contributed by atoms with Gasteiger partial charge < -0.3 is 25.6 Å². The first kappa shape index (κ1) is 23.1. The van der Waals surface area contributed by atoms with Gasteiger partial charge in [0.2, 0.25) is 0 Å². The number of anilines is 3. The van der Waals surface area contributed by atoms with Crippen LogP contribution in [0.3, 0.4) is 0 Å². The van der Waals surface area contributed by atoms with Gasteiger partial charge in [0, 0.05) is 44.1 Å². The van der Waals surface area contributed by atoms with E-state index in [0.717, 1.165) is 74.0 Å². The predicted octanol–water partition coefficient (Wildman–Crippen LogP) is 2.09. The van der Waals surface area contributed by atoms with Gasteiger partial charge in [-0.1, -0.05) is 6.92 Å². The molecule has 0 radical (unpaired) electrons. The molecular weight excluding hydrogens is 458 g/mol. The molecule has 1 amide bonds. The smallest absolute Gasteiger partial charge is 0.269 e. The molecule has 0 aromatic carbocycles. The number of hydrogen-bond donors (Lipinski definition) is 3. The Morgan fingerprint density at radius 2 is 2.03 bits per heavy atom. The van der Waals surface area contributed by atoms with Gasteiger partial charge in [-0.3, -0.25) is 9.89 Å². The number of piperidine rings is 1. The van der Waals surface area contributed by atoms with Gasteiger partial charge in [0.1, 0.15) is 11.5 Å². The molecule has 4 N–H and O–H groups in total. The lowest BCUT2D eigenvalue weighted by molar-refractivity contribution is 0.0957. The summed E-state index contributed by atoms with van der Waals surface area (Å²) in [6.45, 7) is 7.49. The number of fused-ring (bicyclic) bond motifs is 2. The van der Waals surface area contributed by atoms with Gasteiger partial charge in [-0.25, -0.2) is 15.0 Å². The number of nitrogens with one attached hydrogen (secondary N) is 2. The molecular formula is C25H33N9O2. The number of nitrogens with two attached hydrogens (primary N) is 1. The highest BCUT2D eigenvalue weighted by Crippen LogP contribution is 2.42. The maximum atomic E-state index is 12.1. The molecule has 3 aliphatic heterocycles. The van der Waals surface area contributed by atoms with Crippen LogP contribution in [-0.4, -0.2) is 76.5 Å². The molecule has 0 bridgehead atoms. The lowest BCUT2D eigenvalue weighted by atomic mass is 9.73. The third-order valence-electron chi connectivity index (χ3n) is 8.33. The summed E-state index contributed by atoms with van der Waals surface area (Å²) in [7, 11) is 1.61. The first-order valence-electron chi connectivity index (χ1n) is 12.7. The molecule has 3 aromatic heterocycles. The van der Waals surface area contributed by atoms with Crippen LogP contribution in [0.2, 0.25) is 0 Å². The second-order valence-corrected chi connectivity index (χ2v) is 10.4. The van der Waals surface area contributed by atoms with E-state index in [1.807, 2.05) is 12.3 Å². The quantitative estimate of drug-likeness (QED) is 0.503. The fraction of sp³-hybridized carbons (Fsp3) is 0.560. The van der Waals surface area contributed by atoms with Gasteiger partial charge in [-0.05, 0) is 38.3 Å². The van der Waals surface area contributed by atoms with E-state index in [0.29, 0.717) is 11.3 Å². The average molecular weight is 492 g/mol. The molecule has 6 rings (SSSR count). The molecule has 3 atom stereocenters. The van der Waals surface area contributed by atoms with Crippen molar-refractivity contribution in [2.75, 3.05) is 43.1 Å². The number of ether oxygens (including phenoxy) is 1. The van der Waals surface area contributed by atoms with Crippen molar-refractivity contribution < 1.29 is 9.53 Å². The molecule has 36 heavy (non-hydrogen) atoms. The number of amides is 1. The van der Waals surface area contributed by atoms with Crippen molar-refractivity contribution in [1.82, 2.24) is 30.5 Å². The standard InChI is InChI=1S/C25H33N9O2/c1-14-6-9-34(17-5-4-16(24(35)27-3)29-19(14)17)23-20-22(31-32-23)30-18(12-28-20)33-10-7-25(8-11-33)13-36-15(2)21(25)26/h4-5,12,14-15,21H,6-11,13,26H2,1-3H3,(H,27,35)(H,30,31,32)/t14-,15-,21+/m0/s1. The van der Waals surface area contributed by atoms with Crippen LogP contribution in [0, 0.1) is 5.41 Å². The minimum absolute atomic E-state index is 0.0686. The fourth-order valence-corrected chi connectivity index (χ4v) is 5.89. The summed E-state index contributed by atoms with van der Waals surface area (Å²) in [6, 6.07) is 3.79. The molecule has 2 saturated heterocycles. The number of aromatic amines is 1. The highest BCUT2D eigenvalue weighted by molar-refractivity contribution is 5.93. The largest absolute Gasteiger partial charge is 0.376 e. The van der Waals surface area contributed by atoms with Crippen molar-refractivity contribution in [3.05, 3.63) is 29.7 Å². The Bertz CT molecular complexity index is 1300. The van der Waals surface area contributed by atoms with Crippen molar-refractivity contribution in [1.29, 1.82) is 0 Å². The number of pyridine rings is 1. The molecule has 2 fully saturated rings. The summed E-state index contributed by atoms with van der Waals surface area (Å²) in [5.74, 6) is 1.63. The predicted molar refractivity (Wildman–Crippen MR) is 137 cm³/mol. The Labute approximate surface area is 209 Å². The first-order valence-corrected chi connectivity index (χ1v) is 12.7. The molecule has 1 spiro atoms. The number of H-pyrrole nitrogens is 1. The number of carbonyl (C=O) groups excluding carboxylic acids is 1. The molecule has 11 heteroatoms. The van der Waals surface area contributed by atoms with E-state index >= 15 is 0 Å². The summed E-state index contributed by atoms with van der Waals surface area (Å²) < 4.78 is 5.86. The van der Waals surface area contributed by atoms with E-state index in [1.165, 1.54) is 0 Å². The lowest BCUT2D eigenvalue weighted by Crippen LogP contribution is -2.50. The zero-order valence-electron chi connectivity index (χ0n) is 21.0. The van der Waals surface area contributed by atoms with Crippen LogP contribution >= 0.6 is 0 Å². The topological polar surface area (TPSA) is 138 Å². The van der Waals surface area contributed by atoms with E-state index in [2.05, 4.69) is 44.1 Å². The molecule has 6 heterocycles. The van der Waals surface area contributed by atoms with Gasteiger partial charge in [0.05, 0.1) is 30.3 Å². The maximum absolute atomic E-state index is 12.1. The van der Waals surface area contributed by atoms with Crippen LogP contribution in [0.5, 0.6) is 0 Å². The third-order valence-corrected chi connectivity index (χ3v) is 8.33. The average Bonchev–Trinajstić information content (AvgIpc) is 3.45. The van der Waals surface area contributed by atoms with E-state index in [-0.39, 0.29) is 29.4 Å². The maximum Gasteiger partial charge on any atom is 0.269 e. The summed E-state index contributed by atoms with van der Waals surface area (Å²) in [5.41, 5.74) is 10.2. The molecule has 3 aromatic rings. The normalized spacial score (nSPS) is 25.4. The van der Waals surface area contributed by atoms with Crippen LogP contribution in [0.25, 0.3) is 11.2 Å². The van der Waals surface area contributed by atoms with Gasteiger partial charge >= 0.3 is 0 Å². The Balaban J connectivity index is 1.26. The minimum Gasteiger partial charge on any atom is -0.376 e. The first-order chi connectivity index (χ1) is 17.4. The molecule has 11 nitrogen and oxygen atoms in total. The number of carbonyl (C=O) groups is 1. The summed E-state index contributed by atoms with van der Waals surface area (Å²) in [5, 5.41) is 10.3. The van der Waals surface area contributed by atoms with Crippen LogP contribution in [0.4, 0.5) is 17.3 Å². The van der Waals surface area contributed by atoms with E-state index in [9.17, 15) is 4.79 Å². The van der Waals surface area contributed by atoms with Crippen molar-refractivity contribution in [3.63, 3.8) is 0 Å². The Morgan fingerprint density at radius 3 is 2.75 bits per heavy atom. The molecule has 190 valence electrons. The number of hydrogen-bond acceptors (Lipinski definition) is 9. The second-order valence-electron chi connectivity index (χ2n) is 10.4. The Hall–Kier alpha value is -3.31. The lowest BCUT2D eigenvalue weighted by Gasteiger charge is -2.41. The molecule has 3 aliphatic rings. The SMILES string of the molecule is CNC(=O)c1ccc2c(n1)[C@@H](C)CCN2c1n[nH]c2nc(N3CCC4(CC3)CO[C@@H](C)[C@H]4N)cnc12. The van der Waals surface area contributed by atoms with Gasteiger partial charge in [0.25, 0.3) is 5.91 Å². The summed E-state index contributed by atoms with van der Waals surface area (Å²) in [4.78, 5) is 30.8. The second kappa shape index (κ2) is 8.67.